The lowest BCUT2D eigenvalue weighted by molar-refractivity contribution is 0.0208. The van der Waals surface area contributed by atoms with E-state index in [9.17, 15) is 5.11 Å². The van der Waals surface area contributed by atoms with Gasteiger partial charge in [-0.2, -0.15) is 5.26 Å². The minimum Gasteiger partial charge on any atom is -0.455 e. The first-order valence-electron chi connectivity index (χ1n) is 5.68. The summed E-state index contributed by atoms with van der Waals surface area (Å²) in [6.45, 7) is -0.444. The lowest BCUT2D eigenvalue weighted by Gasteiger charge is -2.36. The highest BCUT2D eigenvalue weighted by molar-refractivity contribution is 5.74. The lowest BCUT2D eigenvalue weighted by atomic mass is 10.0. The van der Waals surface area contributed by atoms with E-state index in [1.165, 1.54) is 6.33 Å². The molecule has 100 valence electrons. The molecule has 0 radical (unpaired) electrons. The number of amidine groups is 1. The second-order valence-electron chi connectivity index (χ2n) is 4.34. The quantitative estimate of drug-likeness (QED) is 0.489. The first-order chi connectivity index (χ1) is 9.15. The maximum Gasteiger partial charge on any atom is 0.284 e. The molecule has 0 bridgehead atoms. The van der Waals surface area contributed by atoms with E-state index in [4.69, 9.17) is 20.8 Å². The van der Waals surface area contributed by atoms with Crippen molar-refractivity contribution >= 4 is 11.8 Å². The molecule has 0 aromatic carbocycles. The highest BCUT2D eigenvalue weighted by atomic mass is 16.5. The third-order valence-corrected chi connectivity index (χ3v) is 3.25. The van der Waals surface area contributed by atoms with Gasteiger partial charge < -0.3 is 26.0 Å². The zero-order valence-electron chi connectivity index (χ0n) is 9.76. The Bertz CT molecular complexity index is 576. The number of rotatable bonds is 2. The van der Waals surface area contributed by atoms with Crippen molar-refractivity contribution in [3.8, 4) is 6.07 Å². The Morgan fingerprint density at radius 2 is 2.47 bits per heavy atom. The van der Waals surface area contributed by atoms with Gasteiger partial charge in [-0.1, -0.05) is 0 Å². The molecule has 9 nitrogen and oxygen atoms in total. The fourth-order valence-electron chi connectivity index (χ4n) is 2.37. The third kappa shape index (κ3) is 1.61. The predicted octanol–water partition coefficient (Wildman–Crippen LogP) is -1.89. The molecule has 0 fully saturated rings. The zero-order chi connectivity index (χ0) is 13.6. The molecule has 9 heteroatoms. The standard InChI is InChI=1S/C10H12N6O3/c11-1-4-8-14-6(5(18)2-17)7-9(15-10(12)19-7)16(8)3-13-4/h3,5-7,9,14,17-18H,2H2,(H2,12,15)/t5?,6?,7-,9+/m1/s1. The number of anilines is 1. The van der Waals surface area contributed by atoms with E-state index in [0.29, 0.717) is 5.82 Å². The summed E-state index contributed by atoms with van der Waals surface area (Å²) in [5.74, 6) is 0.434. The summed E-state index contributed by atoms with van der Waals surface area (Å²) in [6, 6.07) is 1.32. The Morgan fingerprint density at radius 3 is 3.16 bits per heavy atom. The van der Waals surface area contributed by atoms with Gasteiger partial charge in [0.05, 0.1) is 19.0 Å². The molecule has 19 heavy (non-hydrogen) atoms. The van der Waals surface area contributed by atoms with Gasteiger partial charge in [0.15, 0.2) is 18.0 Å². The Kier molecular flexibility index (Phi) is 2.55. The fraction of sp³-hybridized carbons (Fsp3) is 0.500. The minimum atomic E-state index is -1.07. The first kappa shape index (κ1) is 11.8. The topological polar surface area (TPSA) is 142 Å². The van der Waals surface area contributed by atoms with Gasteiger partial charge in [-0.3, -0.25) is 4.57 Å². The maximum atomic E-state index is 9.85. The number of nitriles is 1. The molecular formula is C10H12N6O3. The number of nitrogens with zero attached hydrogens (tertiary/aromatic N) is 4. The zero-order valence-corrected chi connectivity index (χ0v) is 9.76. The van der Waals surface area contributed by atoms with Crippen molar-refractivity contribution in [1.82, 2.24) is 9.55 Å². The van der Waals surface area contributed by atoms with Crippen LogP contribution in [0, 0.1) is 11.3 Å². The monoisotopic (exact) mass is 264 g/mol. The number of nitrogens with two attached hydrogens (primary N) is 1. The van der Waals surface area contributed by atoms with Gasteiger partial charge in [-0.15, -0.1) is 0 Å². The van der Waals surface area contributed by atoms with Crippen molar-refractivity contribution in [1.29, 1.82) is 5.26 Å². The summed E-state index contributed by atoms with van der Waals surface area (Å²) in [5, 5.41) is 30.9. The van der Waals surface area contributed by atoms with E-state index in [0.717, 1.165) is 0 Å². The summed E-state index contributed by atoms with van der Waals surface area (Å²) in [7, 11) is 0. The molecule has 0 amide bonds. The van der Waals surface area contributed by atoms with Gasteiger partial charge in [0.25, 0.3) is 6.02 Å². The Balaban J connectivity index is 2.05. The van der Waals surface area contributed by atoms with E-state index in [-0.39, 0.29) is 11.7 Å². The number of aliphatic hydroxyl groups is 2. The smallest absolute Gasteiger partial charge is 0.284 e. The van der Waals surface area contributed by atoms with E-state index in [1.807, 2.05) is 6.07 Å². The van der Waals surface area contributed by atoms with Crippen LogP contribution in [0.1, 0.15) is 11.9 Å². The second-order valence-corrected chi connectivity index (χ2v) is 4.34. The van der Waals surface area contributed by atoms with Crippen molar-refractivity contribution in [2.45, 2.75) is 24.4 Å². The van der Waals surface area contributed by atoms with Crippen molar-refractivity contribution in [2.75, 3.05) is 11.9 Å². The van der Waals surface area contributed by atoms with E-state index in [1.54, 1.807) is 4.57 Å². The predicted molar refractivity (Wildman–Crippen MR) is 63.0 cm³/mol. The maximum absolute atomic E-state index is 9.85. The van der Waals surface area contributed by atoms with Crippen LogP contribution in [-0.2, 0) is 4.74 Å². The SMILES string of the molecule is N#Cc1ncn2c1NC(C(O)CO)[C@H]1OC(N)=N[C@H]12. The van der Waals surface area contributed by atoms with Crippen LogP contribution in [0.25, 0.3) is 0 Å². The van der Waals surface area contributed by atoms with Crippen LogP contribution in [0.15, 0.2) is 11.3 Å². The number of fused-ring (bicyclic) bond motifs is 3. The number of imidazole rings is 1. The largest absolute Gasteiger partial charge is 0.455 e. The molecular weight excluding hydrogens is 252 g/mol. The normalized spacial score (nSPS) is 29.3. The molecule has 5 N–H and O–H groups in total. The minimum absolute atomic E-state index is 0.00648. The van der Waals surface area contributed by atoms with Gasteiger partial charge in [-0.25, -0.2) is 9.98 Å². The molecule has 2 unspecified atom stereocenters. The molecule has 1 aromatic heterocycles. The second kappa shape index (κ2) is 4.11. The number of hydrogen-bond acceptors (Lipinski definition) is 8. The van der Waals surface area contributed by atoms with Crippen molar-refractivity contribution in [3.05, 3.63) is 12.0 Å². The highest BCUT2D eigenvalue weighted by Crippen LogP contribution is 2.36. The van der Waals surface area contributed by atoms with Crippen LogP contribution in [-0.4, -0.2) is 50.6 Å². The Hall–Kier alpha value is -2.31. The van der Waals surface area contributed by atoms with E-state index in [2.05, 4.69) is 15.3 Å². The van der Waals surface area contributed by atoms with Crippen LogP contribution in [0.3, 0.4) is 0 Å². The molecule has 1 aromatic rings. The summed E-state index contributed by atoms with van der Waals surface area (Å²) in [5.41, 5.74) is 5.74. The van der Waals surface area contributed by atoms with E-state index >= 15 is 0 Å². The van der Waals surface area contributed by atoms with Crippen LogP contribution in [0.2, 0.25) is 0 Å². The number of aliphatic hydroxyl groups excluding tert-OH is 2. The van der Waals surface area contributed by atoms with Gasteiger partial charge in [-0.05, 0) is 0 Å². The van der Waals surface area contributed by atoms with Gasteiger partial charge in [0, 0.05) is 0 Å². The number of hydrogen-bond donors (Lipinski definition) is 4. The van der Waals surface area contributed by atoms with Crippen LogP contribution < -0.4 is 11.1 Å². The highest BCUT2D eigenvalue weighted by Gasteiger charge is 2.46. The Labute approximate surface area is 107 Å². The summed E-state index contributed by atoms with van der Waals surface area (Å²) < 4.78 is 6.99. The van der Waals surface area contributed by atoms with E-state index < -0.39 is 31.0 Å². The Morgan fingerprint density at radius 1 is 1.68 bits per heavy atom. The molecule has 4 atom stereocenters. The fourth-order valence-corrected chi connectivity index (χ4v) is 2.37. The number of nitrogens with one attached hydrogen (secondary N) is 1. The third-order valence-electron chi connectivity index (χ3n) is 3.25. The van der Waals surface area contributed by atoms with Crippen molar-refractivity contribution in [3.63, 3.8) is 0 Å². The molecule has 3 rings (SSSR count). The molecule has 3 heterocycles. The summed E-state index contributed by atoms with van der Waals surface area (Å²) >= 11 is 0. The van der Waals surface area contributed by atoms with Crippen LogP contribution in [0.5, 0.6) is 0 Å². The van der Waals surface area contributed by atoms with Crippen molar-refractivity contribution in [2.24, 2.45) is 10.7 Å². The lowest BCUT2D eigenvalue weighted by Crippen LogP contribution is -2.52. The molecule has 0 saturated heterocycles. The van der Waals surface area contributed by atoms with Crippen LogP contribution in [0.4, 0.5) is 5.82 Å². The average molecular weight is 264 g/mol. The van der Waals surface area contributed by atoms with Gasteiger partial charge in [0.2, 0.25) is 0 Å². The summed E-state index contributed by atoms with van der Waals surface area (Å²) in [6.07, 6.45) is -0.665. The number of aliphatic imine (C=N–C) groups is 1. The number of aromatic nitrogens is 2. The van der Waals surface area contributed by atoms with Crippen LogP contribution >= 0.6 is 0 Å². The molecule has 2 aliphatic heterocycles. The summed E-state index contributed by atoms with van der Waals surface area (Å²) in [4.78, 5) is 8.07. The average Bonchev–Trinajstić information content (AvgIpc) is 2.98. The van der Waals surface area contributed by atoms with Crippen molar-refractivity contribution < 1.29 is 14.9 Å². The molecule has 0 saturated carbocycles. The first-order valence-corrected chi connectivity index (χ1v) is 5.68. The van der Waals surface area contributed by atoms with Gasteiger partial charge in [0.1, 0.15) is 18.0 Å². The molecule has 2 aliphatic rings. The molecule has 0 spiro atoms. The van der Waals surface area contributed by atoms with Gasteiger partial charge >= 0.3 is 0 Å². The molecule has 0 aliphatic carbocycles. The number of ether oxygens (including phenoxy) is 1.